The standard InChI is InChI=1S/C11H9BrN4O3/c1-6-7(12)2-4-9(13-6)15-11(17)8-3-5-10(14-8)16(18)19/h2-5,14H,1H3,(H,13,15,17). The van der Waals surface area contributed by atoms with Gasteiger partial charge in [-0.2, -0.15) is 0 Å². The normalized spacial score (nSPS) is 10.2. The quantitative estimate of drug-likeness (QED) is 0.669. The zero-order chi connectivity index (χ0) is 14.0. The van der Waals surface area contributed by atoms with E-state index >= 15 is 0 Å². The van der Waals surface area contributed by atoms with Gasteiger partial charge in [-0.25, -0.2) is 9.97 Å². The molecule has 1 amide bonds. The van der Waals surface area contributed by atoms with Crippen molar-refractivity contribution in [1.29, 1.82) is 0 Å². The van der Waals surface area contributed by atoms with E-state index in [9.17, 15) is 14.9 Å². The van der Waals surface area contributed by atoms with E-state index in [2.05, 4.69) is 31.2 Å². The van der Waals surface area contributed by atoms with Crippen LogP contribution < -0.4 is 5.32 Å². The van der Waals surface area contributed by atoms with Gasteiger partial charge in [0.05, 0.1) is 5.69 Å². The van der Waals surface area contributed by atoms with Crippen LogP contribution in [0.2, 0.25) is 0 Å². The number of halogens is 1. The topological polar surface area (TPSA) is 101 Å². The second-order valence-electron chi connectivity index (χ2n) is 3.73. The molecule has 19 heavy (non-hydrogen) atoms. The minimum Gasteiger partial charge on any atom is -0.358 e. The first-order valence-corrected chi connectivity index (χ1v) is 6.04. The Morgan fingerprint density at radius 1 is 1.42 bits per heavy atom. The SMILES string of the molecule is Cc1nc(NC(=O)c2ccc([N+](=O)[O-])[nH]2)ccc1Br. The molecule has 0 radical (unpaired) electrons. The summed E-state index contributed by atoms with van der Waals surface area (Å²) >= 11 is 3.30. The lowest BCUT2D eigenvalue weighted by Gasteiger charge is -2.03. The summed E-state index contributed by atoms with van der Waals surface area (Å²) in [7, 11) is 0. The molecule has 0 aliphatic carbocycles. The summed E-state index contributed by atoms with van der Waals surface area (Å²) in [6, 6.07) is 5.97. The van der Waals surface area contributed by atoms with Crippen molar-refractivity contribution in [1.82, 2.24) is 9.97 Å². The lowest BCUT2D eigenvalue weighted by atomic mass is 10.3. The third kappa shape index (κ3) is 2.97. The number of pyridine rings is 1. The molecule has 0 spiro atoms. The first kappa shape index (κ1) is 13.2. The number of carbonyl (C=O) groups excluding carboxylic acids is 1. The minimum atomic E-state index is -0.598. The summed E-state index contributed by atoms with van der Waals surface area (Å²) in [4.78, 5) is 28.3. The summed E-state index contributed by atoms with van der Waals surface area (Å²) in [5.74, 6) is -0.338. The first-order valence-electron chi connectivity index (χ1n) is 5.25. The van der Waals surface area contributed by atoms with E-state index in [1.54, 1.807) is 19.1 Å². The van der Waals surface area contributed by atoms with Crippen LogP contribution in [0, 0.1) is 17.0 Å². The maximum absolute atomic E-state index is 11.8. The van der Waals surface area contributed by atoms with Gasteiger partial charge in [-0.1, -0.05) is 0 Å². The number of carbonyl (C=O) groups is 1. The van der Waals surface area contributed by atoms with E-state index in [0.29, 0.717) is 5.82 Å². The van der Waals surface area contributed by atoms with Crippen LogP contribution in [-0.2, 0) is 0 Å². The van der Waals surface area contributed by atoms with Crippen LogP contribution in [0.25, 0.3) is 0 Å². The van der Waals surface area contributed by atoms with Crippen molar-refractivity contribution >= 4 is 33.5 Å². The molecule has 0 aliphatic heterocycles. The number of anilines is 1. The fraction of sp³-hybridized carbons (Fsp3) is 0.0909. The van der Waals surface area contributed by atoms with E-state index in [1.165, 1.54) is 12.1 Å². The second kappa shape index (κ2) is 5.19. The number of rotatable bonds is 3. The Hall–Kier alpha value is -2.22. The second-order valence-corrected chi connectivity index (χ2v) is 4.59. The lowest BCUT2D eigenvalue weighted by Crippen LogP contribution is -2.13. The zero-order valence-electron chi connectivity index (χ0n) is 9.81. The Bertz CT molecular complexity index is 653. The molecule has 0 unspecified atom stereocenters. The fourth-order valence-electron chi connectivity index (χ4n) is 1.42. The minimum absolute atomic E-state index is 0.106. The van der Waals surface area contributed by atoms with Crippen LogP contribution in [0.1, 0.15) is 16.2 Å². The number of aryl methyl sites for hydroxylation is 1. The smallest absolute Gasteiger partial charge is 0.321 e. The predicted octanol–water partition coefficient (Wildman–Crippen LogP) is 2.64. The van der Waals surface area contributed by atoms with Gasteiger partial charge >= 0.3 is 5.82 Å². The highest BCUT2D eigenvalue weighted by atomic mass is 79.9. The van der Waals surface area contributed by atoms with Crippen molar-refractivity contribution in [3.05, 3.63) is 50.2 Å². The first-order chi connectivity index (χ1) is 8.97. The van der Waals surface area contributed by atoms with Crippen molar-refractivity contribution in [2.45, 2.75) is 6.92 Å². The molecule has 2 heterocycles. The number of nitrogens with one attached hydrogen (secondary N) is 2. The molecule has 0 fully saturated rings. The molecule has 2 rings (SSSR count). The van der Waals surface area contributed by atoms with Gasteiger partial charge in [0.2, 0.25) is 0 Å². The molecule has 0 bridgehead atoms. The molecule has 0 saturated carbocycles. The highest BCUT2D eigenvalue weighted by Gasteiger charge is 2.15. The highest BCUT2D eigenvalue weighted by molar-refractivity contribution is 9.10. The predicted molar refractivity (Wildman–Crippen MR) is 72.1 cm³/mol. The number of nitrogens with zero attached hydrogens (tertiary/aromatic N) is 2. The third-order valence-electron chi connectivity index (χ3n) is 2.37. The van der Waals surface area contributed by atoms with E-state index in [0.717, 1.165) is 10.2 Å². The van der Waals surface area contributed by atoms with Gasteiger partial charge in [0.1, 0.15) is 5.82 Å². The Morgan fingerprint density at radius 2 is 2.16 bits per heavy atom. The van der Waals surface area contributed by atoms with Crippen molar-refractivity contribution < 1.29 is 9.72 Å². The van der Waals surface area contributed by atoms with E-state index in [-0.39, 0.29) is 11.5 Å². The summed E-state index contributed by atoms with van der Waals surface area (Å²) in [6.07, 6.45) is 0. The monoisotopic (exact) mass is 324 g/mol. The number of amides is 1. The van der Waals surface area contributed by atoms with E-state index in [1.807, 2.05) is 0 Å². The van der Waals surface area contributed by atoms with Gasteiger partial charge in [-0.3, -0.25) is 4.79 Å². The summed E-state index contributed by atoms with van der Waals surface area (Å²) in [5.41, 5.74) is 0.837. The molecular formula is C11H9BrN4O3. The van der Waals surface area contributed by atoms with Gasteiger partial charge in [0.25, 0.3) is 5.91 Å². The van der Waals surface area contributed by atoms with Crippen LogP contribution in [0.5, 0.6) is 0 Å². The average Bonchev–Trinajstić information content (AvgIpc) is 2.83. The molecule has 8 heteroatoms. The van der Waals surface area contributed by atoms with Crippen LogP contribution in [-0.4, -0.2) is 20.8 Å². The Kier molecular flexibility index (Phi) is 3.61. The molecular weight excluding hydrogens is 316 g/mol. The van der Waals surface area contributed by atoms with Crippen molar-refractivity contribution in [3.63, 3.8) is 0 Å². The number of aromatic amines is 1. The molecule has 0 atom stereocenters. The highest BCUT2D eigenvalue weighted by Crippen LogP contribution is 2.17. The number of aromatic nitrogens is 2. The lowest BCUT2D eigenvalue weighted by molar-refractivity contribution is -0.389. The van der Waals surface area contributed by atoms with Crippen molar-refractivity contribution in [2.24, 2.45) is 0 Å². The van der Waals surface area contributed by atoms with Gasteiger partial charge in [-0.15, -0.1) is 0 Å². The Balaban J connectivity index is 2.15. The van der Waals surface area contributed by atoms with Crippen LogP contribution in [0.3, 0.4) is 0 Å². The summed E-state index contributed by atoms with van der Waals surface area (Å²) in [5, 5.41) is 13.1. The van der Waals surface area contributed by atoms with Crippen LogP contribution >= 0.6 is 15.9 Å². The van der Waals surface area contributed by atoms with Gasteiger partial charge in [-0.05, 0) is 46.0 Å². The number of H-pyrrole nitrogens is 1. The van der Waals surface area contributed by atoms with Gasteiger partial charge in [0, 0.05) is 10.5 Å². The van der Waals surface area contributed by atoms with Gasteiger partial charge in [0.15, 0.2) is 5.69 Å². The average molecular weight is 325 g/mol. The van der Waals surface area contributed by atoms with Gasteiger partial charge < -0.3 is 15.4 Å². The largest absolute Gasteiger partial charge is 0.358 e. The molecule has 2 aromatic heterocycles. The number of nitro groups is 1. The summed E-state index contributed by atoms with van der Waals surface area (Å²) < 4.78 is 0.834. The molecule has 7 nitrogen and oxygen atoms in total. The molecule has 98 valence electrons. The Labute approximate surface area is 116 Å². The summed E-state index contributed by atoms with van der Waals surface area (Å²) in [6.45, 7) is 1.79. The Morgan fingerprint density at radius 3 is 2.74 bits per heavy atom. The van der Waals surface area contributed by atoms with Crippen molar-refractivity contribution in [2.75, 3.05) is 5.32 Å². The molecule has 0 aliphatic rings. The van der Waals surface area contributed by atoms with E-state index < -0.39 is 10.8 Å². The third-order valence-corrected chi connectivity index (χ3v) is 3.21. The number of hydrogen-bond acceptors (Lipinski definition) is 4. The molecule has 2 N–H and O–H groups in total. The van der Waals surface area contributed by atoms with E-state index in [4.69, 9.17) is 0 Å². The maximum Gasteiger partial charge on any atom is 0.321 e. The maximum atomic E-state index is 11.8. The molecule has 0 aromatic carbocycles. The van der Waals surface area contributed by atoms with Crippen molar-refractivity contribution in [3.8, 4) is 0 Å². The molecule has 0 saturated heterocycles. The molecule has 2 aromatic rings. The zero-order valence-corrected chi connectivity index (χ0v) is 11.4. The van der Waals surface area contributed by atoms with Crippen LogP contribution in [0.4, 0.5) is 11.6 Å². The number of hydrogen-bond donors (Lipinski definition) is 2. The fourth-order valence-corrected chi connectivity index (χ4v) is 1.64. The van der Waals surface area contributed by atoms with Crippen LogP contribution in [0.15, 0.2) is 28.7 Å².